The van der Waals surface area contributed by atoms with Crippen LogP contribution in [0.3, 0.4) is 0 Å². The third-order valence-corrected chi connectivity index (χ3v) is 2.91. The Morgan fingerprint density at radius 3 is 2.36 bits per heavy atom. The van der Waals surface area contributed by atoms with Crippen LogP contribution in [0, 0.1) is 11.8 Å². The van der Waals surface area contributed by atoms with E-state index >= 15 is 0 Å². The third-order valence-electron chi connectivity index (χ3n) is 2.91. The lowest BCUT2D eigenvalue weighted by Crippen LogP contribution is -2.23. The summed E-state index contributed by atoms with van der Waals surface area (Å²) in [6, 6.07) is 0. The average Bonchev–Trinajstić information content (AvgIpc) is 2.28. The normalized spacial score (nSPS) is 29.5. The molecule has 0 radical (unpaired) electrons. The molecule has 0 spiro atoms. The molecule has 0 aromatic heterocycles. The van der Waals surface area contributed by atoms with E-state index in [1.54, 1.807) is 0 Å². The second-order valence-corrected chi connectivity index (χ2v) is 4.48. The lowest BCUT2D eigenvalue weighted by atomic mass is 10.0. The van der Waals surface area contributed by atoms with Crippen LogP contribution in [-0.2, 0) is 4.79 Å². The smallest absolute Gasteiger partial charge is 0.328 e. The number of carboxylic acid groups (broad SMARTS) is 1. The Hall–Kier alpha value is -0.830. The second kappa shape index (κ2) is 4.60. The predicted molar refractivity (Wildman–Crippen MR) is 56.2 cm³/mol. The second-order valence-electron chi connectivity index (χ2n) is 4.48. The molecule has 2 atom stereocenters. The summed E-state index contributed by atoms with van der Waals surface area (Å²) in [6.07, 6.45) is 1.30. The van der Waals surface area contributed by atoms with Crippen molar-refractivity contribution in [2.24, 2.45) is 11.8 Å². The molecule has 1 saturated heterocycles. The summed E-state index contributed by atoms with van der Waals surface area (Å²) in [5.74, 6) is 0.614. The molecule has 0 amide bonds. The zero-order valence-electron chi connectivity index (χ0n) is 9.16. The van der Waals surface area contributed by atoms with Gasteiger partial charge in [0.1, 0.15) is 0 Å². The molecular weight excluding hydrogens is 178 g/mol. The Bertz CT molecular complexity index is 238. The highest BCUT2D eigenvalue weighted by Gasteiger charge is 2.25. The van der Waals surface area contributed by atoms with Crippen LogP contribution in [0.4, 0.5) is 0 Å². The molecule has 0 aromatic rings. The summed E-state index contributed by atoms with van der Waals surface area (Å²) in [7, 11) is 0. The monoisotopic (exact) mass is 197 g/mol. The van der Waals surface area contributed by atoms with Crippen molar-refractivity contribution in [3.63, 3.8) is 0 Å². The lowest BCUT2D eigenvalue weighted by molar-refractivity contribution is -0.131. The number of rotatable bonds is 3. The van der Waals surface area contributed by atoms with E-state index in [2.05, 4.69) is 18.7 Å². The first kappa shape index (κ1) is 11.2. The van der Waals surface area contributed by atoms with Crippen molar-refractivity contribution in [2.45, 2.75) is 20.8 Å². The van der Waals surface area contributed by atoms with E-state index in [-0.39, 0.29) is 0 Å². The lowest BCUT2D eigenvalue weighted by Gasteiger charge is -2.15. The summed E-state index contributed by atoms with van der Waals surface area (Å²) < 4.78 is 0. The fraction of sp³-hybridized carbons (Fsp3) is 0.727. The molecule has 0 bridgehead atoms. The van der Waals surface area contributed by atoms with Crippen molar-refractivity contribution in [2.75, 3.05) is 19.6 Å². The standard InChI is InChI=1S/C11H19NO2/c1-8(4-11(13)14)5-12-6-9(2)10(3)7-12/h4,9-10H,5-7H2,1-3H3,(H,13,14). The largest absolute Gasteiger partial charge is 0.478 e. The van der Waals surface area contributed by atoms with Gasteiger partial charge in [0.15, 0.2) is 0 Å². The van der Waals surface area contributed by atoms with Crippen molar-refractivity contribution in [3.05, 3.63) is 11.6 Å². The fourth-order valence-corrected chi connectivity index (χ4v) is 1.99. The molecule has 1 aliphatic heterocycles. The first-order valence-electron chi connectivity index (χ1n) is 5.11. The first-order chi connectivity index (χ1) is 6.49. The number of hydrogen-bond acceptors (Lipinski definition) is 2. The Morgan fingerprint density at radius 1 is 1.43 bits per heavy atom. The molecule has 3 nitrogen and oxygen atoms in total. The Morgan fingerprint density at radius 2 is 1.93 bits per heavy atom. The zero-order chi connectivity index (χ0) is 10.7. The van der Waals surface area contributed by atoms with Crippen LogP contribution in [0.15, 0.2) is 11.6 Å². The van der Waals surface area contributed by atoms with Crippen molar-refractivity contribution in [3.8, 4) is 0 Å². The minimum Gasteiger partial charge on any atom is -0.478 e. The zero-order valence-corrected chi connectivity index (χ0v) is 9.16. The van der Waals surface area contributed by atoms with Gasteiger partial charge in [-0.2, -0.15) is 0 Å². The van der Waals surface area contributed by atoms with Gasteiger partial charge in [-0.15, -0.1) is 0 Å². The number of carbonyl (C=O) groups is 1. The van der Waals surface area contributed by atoms with Gasteiger partial charge in [0, 0.05) is 25.7 Å². The van der Waals surface area contributed by atoms with Gasteiger partial charge in [-0.05, 0) is 18.8 Å². The van der Waals surface area contributed by atoms with Crippen molar-refractivity contribution in [1.29, 1.82) is 0 Å². The number of aliphatic carboxylic acids is 1. The van der Waals surface area contributed by atoms with Gasteiger partial charge < -0.3 is 5.11 Å². The summed E-state index contributed by atoms with van der Waals surface area (Å²) in [6.45, 7) is 9.35. The molecule has 1 aliphatic rings. The molecule has 1 fully saturated rings. The maximum absolute atomic E-state index is 10.4. The Labute approximate surface area is 85.4 Å². The molecule has 2 unspecified atom stereocenters. The van der Waals surface area contributed by atoms with Gasteiger partial charge in [0.2, 0.25) is 0 Å². The number of hydrogen-bond donors (Lipinski definition) is 1. The van der Waals surface area contributed by atoms with Crippen molar-refractivity contribution in [1.82, 2.24) is 4.90 Å². The maximum Gasteiger partial charge on any atom is 0.328 e. The number of nitrogens with zero attached hydrogens (tertiary/aromatic N) is 1. The predicted octanol–water partition coefficient (Wildman–Crippen LogP) is 1.61. The van der Waals surface area contributed by atoms with Crippen LogP contribution in [0.25, 0.3) is 0 Å². The molecule has 1 heterocycles. The molecule has 1 rings (SSSR count). The molecule has 0 aliphatic carbocycles. The minimum atomic E-state index is -0.845. The van der Waals surface area contributed by atoms with E-state index in [0.717, 1.165) is 37.0 Å². The quantitative estimate of drug-likeness (QED) is 0.699. The summed E-state index contributed by atoms with van der Waals surface area (Å²) in [5, 5.41) is 8.57. The van der Waals surface area contributed by atoms with Gasteiger partial charge in [-0.1, -0.05) is 19.4 Å². The van der Waals surface area contributed by atoms with Crippen LogP contribution in [0.2, 0.25) is 0 Å². The number of likely N-dealkylation sites (tertiary alicyclic amines) is 1. The van der Waals surface area contributed by atoms with E-state index in [9.17, 15) is 4.79 Å². The molecule has 0 aromatic carbocycles. The van der Waals surface area contributed by atoms with E-state index in [4.69, 9.17) is 5.11 Å². The van der Waals surface area contributed by atoms with Gasteiger partial charge >= 0.3 is 5.97 Å². The topological polar surface area (TPSA) is 40.5 Å². The Balaban J connectivity index is 2.43. The van der Waals surface area contributed by atoms with Crippen molar-refractivity contribution < 1.29 is 9.90 Å². The minimum absolute atomic E-state index is 0.729. The third kappa shape index (κ3) is 3.14. The average molecular weight is 197 g/mol. The van der Waals surface area contributed by atoms with Gasteiger partial charge in [0.05, 0.1) is 0 Å². The molecular formula is C11H19NO2. The molecule has 0 saturated carbocycles. The van der Waals surface area contributed by atoms with E-state index < -0.39 is 5.97 Å². The summed E-state index contributed by atoms with van der Waals surface area (Å²) in [4.78, 5) is 12.7. The Kier molecular flexibility index (Phi) is 3.69. The SMILES string of the molecule is CC(=CC(=O)O)CN1CC(C)C(C)C1. The molecule has 3 heteroatoms. The van der Waals surface area contributed by atoms with Crippen LogP contribution < -0.4 is 0 Å². The van der Waals surface area contributed by atoms with Crippen LogP contribution in [-0.4, -0.2) is 35.6 Å². The number of carboxylic acids is 1. The van der Waals surface area contributed by atoms with Crippen LogP contribution >= 0.6 is 0 Å². The van der Waals surface area contributed by atoms with Crippen LogP contribution in [0.1, 0.15) is 20.8 Å². The highest BCUT2D eigenvalue weighted by atomic mass is 16.4. The van der Waals surface area contributed by atoms with E-state index in [1.165, 1.54) is 6.08 Å². The van der Waals surface area contributed by atoms with Crippen LogP contribution in [0.5, 0.6) is 0 Å². The molecule has 14 heavy (non-hydrogen) atoms. The van der Waals surface area contributed by atoms with Gasteiger partial charge in [0.25, 0.3) is 0 Å². The van der Waals surface area contributed by atoms with Gasteiger partial charge in [-0.3, -0.25) is 4.90 Å². The van der Waals surface area contributed by atoms with E-state index in [0.29, 0.717) is 0 Å². The van der Waals surface area contributed by atoms with Crippen molar-refractivity contribution >= 4 is 5.97 Å². The fourth-order valence-electron chi connectivity index (χ4n) is 1.99. The summed E-state index contributed by atoms with van der Waals surface area (Å²) >= 11 is 0. The maximum atomic E-state index is 10.4. The van der Waals surface area contributed by atoms with Gasteiger partial charge in [-0.25, -0.2) is 4.79 Å². The highest BCUT2D eigenvalue weighted by Crippen LogP contribution is 2.22. The van der Waals surface area contributed by atoms with E-state index in [1.807, 2.05) is 6.92 Å². The summed E-state index contributed by atoms with van der Waals surface area (Å²) in [5.41, 5.74) is 0.929. The molecule has 1 N–H and O–H groups in total. The first-order valence-corrected chi connectivity index (χ1v) is 5.11. The highest BCUT2D eigenvalue weighted by molar-refractivity contribution is 5.80. The molecule has 80 valence electrons.